The molecule has 0 spiro atoms. The van der Waals surface area contributed by atoms with Crippen molar-refractivity contribution in [2.75, 3.05) is 0 Å². The predicted molar refractivity (Wildman–Crippen MR) is 84.9 cm³/mol. The predicted octanol–water partition coefficient (Wildman–Crippen LogP) is 5.93. The molecule has 0 aliphatic rings. The number of unbranched alkanes of at least 4 members (excludes halogenated alkanes) is 9. The van der Waals surface area contributed by atoms with Crippen LogP contribution in [0.2, 0.25) is 0 Å². The molecule has 0 fully saturated rings. The zero-order valence-corrected chi connectivity index (χ0v) is 13.4. The molecule has 1 rings (SSSR count). The van der Waals surface area contributed by atoms with Crippen molar-refractivity contribution in [1.29, 1.82) is 0 Å². The number of aliphatic hydroxyl groups is 1. The van der Waals surface area contributed by atoms with Gasteiger partial charge in [-0.05, 0) is 19.4 Å². The maximum atomic E-state index is 10.1. The molecule has 1 aromatic rings. The van der Waals surface area contributed by atoms with E-state index < -0.39 is 0 Å². The molecule has 1 heterocycles. The molecule has 0 saturated heterocycles. The minimum Gasteiger partial charge on any atom is -0.469 e. The standard InChI is InChI=1S/C18H32O2/c1-3-4-5-6-7-8-9-10-11-12-13-18(19)17-14-15-20-16(17)2/h14-15,18-19H,3-13H2,1-2H3. The van der Waals surface area contributed by atoms with Crippen molar-refractivity contribution < 1.29 is 9.52 Å². The highest BCUT2D eigenvalue weighted by molar-refractivity contribution is 5.18. The van der Waals surface area contributed by atoms with E-state index in [9.17, 15) is 5.11 Å². The Kier molecular flexibility index (Phi) is 9.48. The highest BCUT2D eigenvalue weighted by Gasteiger charge is 2.11. The van der Waals surface area contributed by atoms with Crippen molar-refractivity contribution >= 4 is 0 Å². The molecule has 1 aromatic heterocycles. The van der Waals surface area contributed by atoms with Gasteiger partial charge in [-0.3, -0.25) is 0 Å². The molecule has 116 valence electrons. The van der Waals surface area contributed by atoms with Gasteiger partial charge in [-0.2, -0.15) is 0 Å². The Labute approximate surface area is 124 Å². The van der Waals surface area contributed by atoms with Gasteiger partial charge in [0.05, 0.1) is 12.4 Å². The summed E-state index contributed by atoms with van der Waals surface area (Å²) >= 11 is 0. The van der Waals surface area contributed by atoms with Gasteiger partial charge in [0.15, 0.2) is 0 Å². The first-order valence-corrected chi connectivity index (χ1v) is 8.47. The third kappa shape index (κ3) is 7.14. The molecule has 20 heavy (non-hydrogen) atoms. The van der Waals surface area contributed by atoms with Crippen LogP contribution in [0.4, 0.5) is 0 Å². The van der Waals surface area contributed by atoms with Crippen LogP contribution in [0.5, 0.6) is 0 Å². The monoisotopic (exact) mass is 280 g/mol. The van der Waals surface area contributed by atoms with Crippen molar-refractivity contribution in [2.24, 2.45) is 0 Å². The number of furan rings is 1. The Morgan fingerprint density at radius 3 is 2.00 bits per heavy atom. The first-order valence-electron chi connectivity index (χ1n) is 8.47. The van der Waals surface area contributed by atoms with Gasteiger partial charge in [-0.1, -0.05) is 71.1 Å². The molecule has 1 atom stereocenters. The van der Waals surface area contributed by atoms with Gasteiger partial charge in [0.25, 0.3) is 0 Å². The summed E-state index contributed by atoms with van der Waals surface area (Å²) in [5.41, 5.74) is 0.959. The Morgan fingerprint density at radius 1 is 0.950 bits per heavy atom. The summed E-state index contributed by atoms with van der Waals surface area (Å²) in [4.78, 5) is 0. The SMILES string of the molecule is CCCCCCCCCCCCC(O)c1ccoc1C. The number of rotatable bonds is 12. The van der Waals surface area contributed by atoms with Crippen molar-refractivity contribution in [3.8, 4) is 0 Å². The van der Waals surface area contributed by atoms with Gasteiger partial charge in [0, 0.05) is 5.56 Å². The van der Waals surface area contributed by atoms with Crippen LogP contribution in [-0.4, -0.2) is 5.11 Å². The van der Waals surface area contributed by atoms with Crippen LogP contribution in [0.25, 0.3) is 0 Å². The molecule has 2 heteroatoms. The van der Waals surface area contributed by atoms with E-state index in [2.05, 4.69) is 6.92 Å². The first-order chi connectivity index (χ1) is 9.75. The zero-order valence-electron chi connectivity index (χ0n) is 13.4. The minimum absolute atomic E-state index is 0.345. The highest BCUT2D eigenvalue weighted by Crippen LogP contribution is 2.23. The summed E-state index contributed by atoms with van der Waals surface area (Å²) in [6.07, 6.45) is 15.5. The van der Waals surface area contributed by atoms with E-state index in [1.807, 2.05) is 13.0 Å². The quantitative estimate of drug-likeness (QED) is 0.481. The van der Waals surface area contributed by atoms with Crippen LogP contribution in [-0.2, 0) is 0 Å². The molecule has 1 unspecified atom stereocenters. The smallest absolute Gasteiger partial charge is 0.106 e. The van der Waals surface area contributed by atoms with Gasteiger partial charge in [0.2, 0.25) is 0 Å². The Balaban J connectivity index is 1.91. The second-order valence-corrected chi connectivity index (χ2v) is 5.92. The van der Waals surface area contributed by atoms with E-state index >= 15 is 0 Å². The van der Waals surface area contributed by atoms with Gasteiger partial charge >= 0.3 is 0 Å². The molecular weight excluding hydrogens is 248 g/mol. The lowest BCUT2D eigenvalue weighted by Crippen LogP contribution is -1.97. The van der Waals surface area contributed by atoms with Crippen molar-refractivity contribution in [1.82, 2.24) is 0 Å². The summed E-state index contributed by atoms with van der Waals surface area (Å²) in [5.74, 6) is 0.851. The molecule has 0 aliphatic carbocycles. The summed E-state index contributed by atoms with van der Waals surface area (Å²) in [6.45, 7) is 4.18. The average molecular weight is 280 g/mol. The second kappa shape index (κ2) is 11.0. The van der Waals surface area contributed by atoms with Crippen molar-refractivity contribution in [3.05, 3.63) is 23.7 Å². The molecule has 0 amide bonds. The number of hydrogen-bond donors (Lipinski definition) is 1. The van der Waals surface area contributed by atoms with Gasteiger partial charge in [-0.25, -0.2) is 0 Å². The summed E-state index contributed by atoms with van der Waals surface area (Å²) in [6, 6.07) is 1.89. The van der Waals surface area contributed by atoms with Crippen LogP contribution in [0.15, 0.2) is 16.7 Å². The number of aliphatic hydroxyl groups excluding tert-OH is 1. The summed E-state index contributed by atoms with van der Waals surface area (Å²) in [7, 11) is 0. The van der Waals surface area contributed by atoms with Crippen molar-refractivity contribution in [2.45, 2.75) is 90.6 Å². The molecule has 2 nitrogen and oxygen atoms in total. The largest absolute Gasteiger partial charge is 0.469 e. The van der Waals surface area contributed by atoms with E-state index in [-0.39, 0.29) is 6.10 Å². The second-order valence-electron chi connectivity index (χ2n) is 5.92. The van der Waals surface area contributed by atoms with E-state index in [0.29, 0.717) is 0 Å². The van der Waals surface area contributed by atoms with Gasteiger partial charge < -0.3 is 9.52 Å². The topological polar surface area (TPSA) is 33.4 Å². The third-order valence-electron chi connectivity index (χ3n) is 4.09. The van der Waals surface area contributed by atoms with Crippen LogP contribution >= 0.6 is 0 Å². The lowest BCUT2D eigenvalue weighted by Gasteiger charge is -2.09. The lowest BCUT2D eigenvalue weighted by molar-refractivity contribution is 0.161. The van der Waals surface area contributed by atoms with E-state index in [1.165, 1.54) is 57.8 Å². The van der Waals surface area contributed by atoms with Crippen LogP contribution in [0, 0.1) is 6.92 Å². The maximum absolute atomic E-state index is 10.1. The molecule has 0 bridgehead atoms. The normalized spacial score (nSPS) is 12.8. The van der Waals surface area contributed by atoms with Gasteiger partial charge in [0.1, 0.15) is 5.76 Å². The molecule has 0 aliphatic heterocycles. The average Bonchev–Trinajstić information content (AvgIpc) is 2.87. The first kappa shape index (κ1) is 17.3. The zero-order chi connectivity index (χ0) is 14.6. The van der Waals surface area contributed by atoms with Crippen LogP contribution < -0.4 is 0 Å². The van der Waals surface area contributed by atoms with Crippen LogP contribution in [0.3, 0.4) is 0 Å². The molecule has 0 saturated carbocycles. The van der Waals surface area contributed by atoms with Crippen molar-refractivity contribution in [3.63, 3.8) is 0 Å². The maximum Gasteiger partial charge on any atom is 0.106 e. The highest BCUT2D eigenvalue weighted by atomic mass is 16.3. The fourth-order valence-corrected chi connectivity index (χ4v) is 2.72. The molecular formula is C18H32O2. The van der Waals surface area contributed by atoms with E-state index in [1.54, 1.807) is 6.26 Å². The third-order valence-corrected chi connectivity index (χ3v) is 4.09. The van der Waals surface area contributed by atoms with Gasteiger partial charge in [-0.15, -0.1) is 0 Å². The number of hydrogen-bond acceptors (Lipinski definition) is 2. The van der Waals surface area contributed by atoms with E-state index in [4.69, 9.17) is 4.42 Å². The molecule has 0 aromatic carbocycles. The molecule has 1 N–H and O–H groups in total. The molecule has 0 radical (unpaired) electrons. The lowest BCUT2D eigenvalue weighted by atomic mass is 10.0. The van der Waals surface area contributed by atoms with Crippen LogP contribution in [0.1, 0.15) is 95.0 Å². The minimum atomic E-state index is -0.345. The fraction of sp³-hybridized carbons (Fsp3) is 0.778. The summed E-state index contributed by atoms with van der Waals surface area (Å²) in [5, 5.41) is 10.1. The number of aryl methyl sites for hydroxylation is 1. The summed E-state index contributed by atoms with van der Waals surface area (Å²) < 4.78 is 5.23. The Bertz CT molecular complexity index is 330. The fourth-order valence-electron chi connectivity index (χ4n) is 2.72. The Hall–Kier alpha value is -0.760. The van der Waals surface area contributed by atoms with E-state index in [0.717, 1.165) is 24.2 Å². The Morgan fingerprint density at radius 2 is 1.50 bits per heavy atom.